The van der Waals surface area contributed by atoms with Gasteiger partial charge in [0.2, 0.25) is 17.8 Å². The first kappa shape index (κ1) is 24.0. The lowest BCUT2D eigenvalue weighted by molar-refractivity contribution is 0.299. The molecule has 0 radical (unpaired) electrons. The van der Waals surface area contributed by atoms with Crippen LogP contribution in [-0.2, 0) is 6.61 Å². The number of nitrogens with zero attached hydrogens (tertiary/aromatic N) is 6. The number of halogens is 1. The monoisotopic (exact) mass is 489 g/mol. The van der Waals surface area contributed by atoms with Crippen LogP contribution >= 0.6 is 0 Å². The van der Waals surface area contributed by atoms with Crippen molar-refractivity contribution in [3.05, 3.63) is 65.5 Å². The molecule has 2 aliphatic heterocycles. The van der Waals surface area contributed by atoms with Gasteiger partial charge in [0.1, 0.15) is 18.2 Å². The van der Waals surface area contributed by atoms with Crippen LogP contribution in [0.15, 0.2) is 53.6 Å². The van der Waals surface area contributed by atoms with Crippen molar-refractivity contribution in [3.63, 3.8) is 0 Å². The van der Waals surface area contributed by atoms with Crippen molar-refractivity contribution in [1.29, 1.82) is 0 Å². The number of benzene rings is 2. The maximum Gasteiger partial charge on any atom is 0.250 e. The summed E-state index contributed by atoms with van der Waals surface area (Å²) in [7, 11) is 0. The first-order valence-electron chi connectivity index (χ1n) is 12.8. The zero-order valence-electron chi connectivity index (χ0n) is 20.4. The highest BCUT2D eigenvalue weighted by Gasteiger charge is 2.20. The summed E-state index contributed by atoms with van der Waals surface area (Å²) in [5.74, 6) is 2.17. The van der Waals surface area contributed by atoms with Crippen molar-refractivity contribution in [3.8, 4) is 5.75 Å². The van der Waals surface area contributed by atoms with E-state index >= 15 is 0 Å². The topological polar surface area (TPSA) is 78.8 Å². The van der Waals surface area contributed by atoms with Crippen LogP contribution in [0.2, 0.25) is 0 Å². The van der Waals surface area contributed by atoms with Gasteiger partial charge in [0, 0.05) is 37.3 Å². The molecule has 3 heterocycles. The Morgan fingerprint density at radius 3 is 2.08 bits per heavy atom. The number of rotatable bonds is 8. The zero-order chi connectivity index (χ0) is 24.6. The molecule has 3 aromatic rings. The van der Waals surface area contributed by atoms with E-state index in [4.69, 9.17) is 9.72 Å². The molecular formula is C27H32FN7O. The van der Waals surface area contributed by atoms with Gasteiger partial charge in [0.05, 0.1) is 6.21 Å². The minimum atomic E-state index is -0.283. The Morgan fingerprint density at radius 2 is 1.42 bits per heavy atom. The number of hydrogen-bond donors (Lipinski definition) is 1. The Morgan fingerprint density at radius 1 is 0.806 bits per heavy atom. The summed E-state index contributed by atoms with van der Waals surface area (Å²) in [6, 6.07) is 14.1. The van der Waals surface area contributed by atoms with Crippen molar-refractivity contribution >= 4 is 24.1 Å². The van der Waals surface area contributed by atoms with E-state index in [1.807, 2.05) is 24.3 Å². The fourth-order valence-corrected chi connectivity index (χ4v) is 4.52. The van der Waals surface area contributed by atoms with E-state index in [1.54, 1.807) is 24.4 Å². The highest BCUT2D eigenvalue weighted by molar-refractivity contribution is 5.83. The average molecular weight is 490 g/mol. The number of aromatic nitrogens is 3. The van der Waals surface area contributed by atoms with E-state index in [2.05, 4.69) is 30.3 Å². The highest BCUT2D eigenvalue weighted by atomic mass is 19.1. The summed E-state index contributed by atoms with van der Waals surface area (Å²) < 4.78 is 19.9. The van der Waals surface area contributed by atoms with E-state index in [0.717, 1.165) is 57.4 Å². The van der Waals surface area contributed by atoms with Crippen LogP contribution in [0.5, 0.6) is 5.75 Å². The Balaban J connectivity index is 1.32. The minimum Gasteiger partial charge on any atom is -0.488 e. The summed E-state index contributed by atoms with van der Waals surface area (Å²) >= 11 is 0. The second-order valence-corrected chi connectivity index (χ2v) is 9.14. The second-order valence-electron chi connectivity index (χ2n) is 9.14. The SMILES string of the molecule is Fc1ccccc1COc1ccccc1/C=N\Nc1nc(N2CCCCC2)nc(N2CCCCC2)n1. The van der Waals surface area contributed by atoms with Crippen LogP contribution in [0.1, 0.15) is 49.7 Å². The number of hydrogen-bond acceptors (Lipinski definition) is 8. The highest BCUT2D eigenvalue weighted by Crippen LogP contribution is 2.23. The first-order chi connectivity index (χ1) is 17.8. The lowest BCUT2D eigenvalue weighted by atomic mass is 10.1. The van der Waals surface area contributed by atoms with Gasteiger partial charge >= 0.3 is 0 Å². The molecule has 2 aromatic carbocycles. The van der Waals surface area contributed by atoms with Gasteiger partial charge in [0.25, 0.3) is 0 Å². The normalized spacial score (nSPS) is 16.4. The summed E-state index contributed by atoms with van der Waals surface area (Å²) in [6.07, 6.45) is 8.75. The van der Waals surface area contributed by atoms with E-state index < -0.39 is 0 Å². The zero-order valence-corrected chi connectivity index (χ0v) is 20.4. The predicted molar refractivity (Wildman–Crippen MR) is 140 cm³/mol. The molecule has 36 heavy (non-hydrogen) atoms. The van der Waals surface area contributed by atoms with E-state index in [9.17, 15) is 4.39 Å². The quantitative estimate of drug-likeness (QED) is 0.352. The first-order valence-corrected chi connectivity index (χ1v) is 12.8. The molecular weight excluding hydrogens is 457 g/mol. The molecule has 0 spiro atoms. The molecule has 0 aliphatic carbocycles. The molecule has 1 aromatic heterocycles. The van der Waals surface area contributed by atoms with Crippen LogP contribution in [0.4, 0.5) is 22.2 Å². The van der Waals surface area contributed by atoms with Gasteiger partial charge in [-0.15, -0.1) is 0 Å². The van der Waals surface area contributed by atoms with Crippen LogP contribution in [0, 0.1) is 5.82 Å². The number of nitrogens with one attached hydrogen (secondary N) is 1. The van der Waals surface area contributed by atoms with Gasteiger partial charge in [-0.2, -0.15) is 20.1 Å². The molecule has 0 saturated carbocycles. The molecule has 2 aliphatic rings. The molecule has 0 bridgehead atoms. The Kier molecular flexibility index (Phi) is 7.85. The molecule has 0 amide bonds. The van der Waals surface area contributed by atoms with Gasteiger partial charge < -0.3 is 14.5 Å². The Hall–Kier alpha value is -3.75. The number of para-hydroxylation sites is 1. The van der Waals surface area contributed by atoms with Crippen molar-refractivity contribution in [1.82, 2.24) is 15.0 Å². The van der Waals surface area contributed by atoms with E-state index in [1.165, 1.54) is 18.9 Å². The molecule has 0 unspecified atom stereocenters. The minimum absolute atomic E-state index is 0.136. The average Bonchev–Trinajstić information content (AvgIpc) is 2.94. The number of hydrazone groups is 1. The van der Waals surface area contributed by atoms with Crippen molar-refractivity contribution in [2.45, 2.75) is 45.1 Å². The third-order valence-electron chi connectivity index (χ3n) is 6.52. The number of ether oxygens (including phenoxy) is 1. The molecule has 0 atom stereocenters. The summed E-state index contributed by atoms with van der Waals surface area (Å²) in [6.45, 7) is 3.96. The van der Waals surface area contributed by atoms with Crippen LogP contribution in [0.25, 0.3) is 0 Å². The number of piperidine rings is 2. The second kappa shape index (κ2) is 11.8. The van der Waals surface area contributed by atoms with Crippen LogP contribution in [0.3, 0.4) is 0 Å². The summed E-state index contributed by atoms with van der Waals surface area (Å²) in [5.41, 5.74) is 4.27. The largest absolute Gasteiger partial charge is 0.488 e. The fourth-order valence-electron chi connectivity index (χ4n) is 4.52. The van der Waals surface area contributed by atoms with Crippen molar-refractivity contribution < 1.29 is 9.13 Å². The third-order valence-corrected chi connectivity index (χ3v) is 6.52. The van der Waals surface area contributed by atoms with E-state index in [0.29, 0.717) is 29.2 Å². The third kappa shape index (κ3) is 6.08. The van der Waals surface area contributed by atoms with Gasteiger partial charge in [-0.05, 0) is 56.7 Å². The van der Waals surface area contributed by atoms with E-state index in [-0.39, 0.29) is 12.4 Å². The molecule has 2 saturated heterocycles. The summed E-state index contributed by atoms with van der Waals surface area (Å²) in [5, 5.41) is 4.40. The van der Waals surface area contributed by atoms with Gasteiger partial charge in [-0.25, -0.2) is 9.82 Å². The van der Waals surface area contributed by atoms with Gasteiger partial charge in [0.15, 0.2) is 0 Å². The Bertz CT molecular complexity index is 1140. The maximum absolute atomic E-state index is 14.0. The smallest absolute Gasteiger partial charge is 0.250 e. The maximum atomic E-state index is 14.0. The molecule has 1 N–H and O–H groups in total. The lowest BCUT2D eigenvalue weighted by Gasteiger charge is -2.30. The Labute approximate surface area is 211 Å². The molecule has 5 rings (SSSR count). The van der Waals surface area contributed by atoms with Crippen molar-refractivity contribution in [2.24, 2.45) is 5.10 Å². The van der Waals surface area contributed by atoms with Gasteiger partial charge in [-0.3, -0.25) is 0 Å². The summed E-state index contributed by atoms with van der Waals surface area (Å²) in [4.78, 5) is 18.6. The molecule has 2 fully saturated rings. The van der Waals surface area contributed by atoms with Crippen LogP contribution in [-0.4, -0.2) is 47.3 Å². The predicted octanol–water partition coefficient (Wildman–Crippen LogP) is 5.02. The lowest BCUT2D eigenvalue weighted by Crippen LogP contribution is -2.34. The fraction of sp³-hybridized carbons (Fsp3) is 0.407. The standard InChI is InChI=1S/C27H32FN7O/c28-23-13-5-3-12-22(23)20-36-24-14-6-4-11-21(24)19-29-33-25-30-26(34-15-7-1-8-16-34)32-27(31-25)35-17-9-2-10-18-35/h3-6,11-14,19H,1-2,7-10,15-18,20H2,(H,30,31,32,33)/b29-19-. The van der Waals surface area contributed by atoms with Crippen molar-refractivity contribution in [2.75, 3.05) is 41.4 Å². The van der Waals surface area contributed by atoms with Crippen LogP contribution < -0.4 is 20.0 Å². The molecule has 188 valence electrons. The van der Waals surface area contributed by atoms with Gasteiger partial charge in [-0.1, -0.05) is 30.3 Å². The number of anilines is 3. The molecule has 8 nitrogen and oxygen atoms in total. The molecule has 9 heteroatoms.